The van der Waals surface area contributed by atoms with Crippen LogP contribution in [0.15, 0.2) is 0 Å². The van der Waals surface area contributed by atoms with Crippen LogP contribution in [0.3, 0.4) is 0 Å². The van der Waals surface area contributed by atoms with Crippen molar-refractivity contribution < 1.29 is 38.7 Å². The molecular formula is C33H58N6O8. The van der Waals surface area contributed by atoms with Crippen LogP contribution < -0.4 is 27.0 Å². The van der Waals surface area contributed by atoms with Gasteiger partial charge in [0, 0.05) is 26.3 Å². The smallest absolute Gasteiger partial charge is 0.326 e. The summed E-state index contributed by atoms with van der Waals surface area (Å²) in [5.41, 5.74) is 5.49. The van der Waals surface area contributed by atoms with Crippen molar-refractivity contribution in [3.8, 4) is 0 Å². The van der Waals surface area contributed by atoms with Gasteiger partial charge in [0.1, 0.15) is 6.04 Å². The quantitative estimate of drug-likeness (QED) is 0.0691. The topological polar surface area (TPSA) is 217 Å². The number of carboxylic acid groups (broad SMARTS) is 1. The van der Waals surface area contributed by atoms with Crippen molar-refractivity contribution in [2.24, 2.45) is 5.73 Å². The molecule has 1 fully saturated rings. The first-order valence-corrected chi connectivity index (χ1v) is 17.2. The fourth-order valence-electron chi connectivity index (χ4n) is 5.62. The molecule has 1 aliphatic rings. The monoisotopic (exact) mass is 666 g/mol. The molecule has 4 amide bonds. The zero-order valence-electron chi connectivity index (χ0n) is 28.6. The Bertz CT molecular complexity index is 1040. The van der Waals surface area contributed by atoms with Crippen LogP contribution in [-0.2, 0) is 33.6 Å². The number of nitrogens with zero attached hydrogens (tertiary/aromatic N) is 1. The van der Waals surface area contributed by atoms with Gasteiger partial charge in [-0.2, -0.15) is 0 Å². The highest BCUT2D eigenvalue weighted by Gasteiger charge is 2.32. The molecule has 0 aromatic rings. The second-order valence-electron chi connectivity index (χ2n) is 12.5. The van der Waals surface area contributed by atoms with E-state index in [1.807, 2.05) is 0 Å². The van der Waals surface area contributed by atoms with E-state index in [-0.39, 0.29) is 61.6 Å². The number of nitrogens with two attached hydrogens (primary N) is 1. The number of hydrogen-bond acceptors (Lipinski definition) is 9. The van der Waals surface area contributed by atoms with Crippen LogP contribution in [0, 0.1) is 0 Å². The zero-order valence-corrected chi connectivity index (χ0v) is 28.6. The molecule has 14 heteroatoms. The molecule has 47 heavy (non-hydrogen) atoms. The van der Waals surface area contributed by atoms with Gasteiger partial charge in [-0.15, -0.1) is 0 Å². The number of nitrogens with one attached hydrogen (secondary N) is 4. The third-order valence-electron chi connectivity index (χ3n) is 8.41. The van der Waals surface area contributed by atoms with E-state index in [1.54, 1.807) is 11.8 Å². The van der Waals surface area contributed by atoms with Crippen molar-refractivity contribution in [1.82, 2.24) is 26.2 Å². The highest BCUT2D eigenvalue weighted by atomic mass is 16.4. The number of hydrogen-bond donors (Lipinski definition) is 6. The van der Waals surface area contributed by atoms with Crippen LogP contribution in [-0.4, -0.2) is 102 Å². The Morgan fingerprint density at radius 1 is 0.830 bits per heavy atom. The van der Waals surface area contributed by atoms with Crippen molar-refractivity contribution in [1.29, 1.82) is 0 Å². The van der Waals surface area contributed by atoms with Gasteiger partial charge in [0.2, 0.25) is 23.6 Å². The summed E-state index contributed by atoms with van der Waals surface area (Å²) in [5, 5.41) is 20.3. The van der Waals surface area contributed by atoms with E-state index >= 15 is 0 Å². The summed E-state index contributed by atoms with van der Waals surface area (Å²) in [7, 11) is 0. The van der Waals surface area contributed by atoms with Crippen LogP contribution >= 0.6 is 0 Å². The summed E-state index contributed by atoms with van der Waals surface area (Å²) in [6, 6.07) is -3.05. The highest BCUT2D eigenvalue weighted by Crippen LogP contribution is 2.17. The third kappa shape index (κ3) is 18.5. The normalized spacial score (nSPS) is 16.5. The first-order chi connectivity index (χ1) is 22.3. The fraction of sp³-hybridized carbons (Fsp3) is 0.788. The summed E-state index contributed by atoms with van der Waals surface area (Å²) in [6.45, 7) is 5.79. The van der Waals surface area contributed by atoms with Crippen molar-refractivity contribution in [3.63, 3.8) is 0 Å². The summed E-state index contributed by atoms with van der Waals surface area (Å²) < 4.78 is 0. The second-order valence-corrected chi connectivity index (χ2v) is 12.5. The average molecular weight is 667 g/mol. The lowest BCUT2D eigenvalue weighted by molar-refractivity contribution is -0.142. The van der Waals surface area contributed by atoms with E-state index in [0.717, 1.165) is 25.7 Å². The lowest BCUT2D eigenvalue weighted by Crippen LogP contribution is -2.50. The van der Waals surface area contributed by atoms with Gasteiger partial charge in [0.15, 0.2) is 11.6 Å². The molecular weight excluding hydrogens is 608 g/mol. The SMILES string of the molecule is CCCCCCCCCC(=O)N[C@@H](CCC(=O)NCCCC[C@H](NCC(=O)[C@H](C)NC(C)=O)C(=O)CN1CCC[C@H]1C(N)=O)C(=O)O. The largest absolute Gasteiger partial charge is 0.480 e. The summed E-state index contributed by atoms with van der Waals surface area (Å²) in [6.07, 6.45) is 10.3. The Labute approximate surface area is 279 Å². The molecule has 4 atom stereocenters. The number of likely N-dealkylation sites (tertiary alicyclic amines) is 1. The van der Waals surface area contributed by atoms with Crippen LogP contribution in [0.5, 0.6) is 0 Å². The van der Waals surface area contributed by atoms with Crippen molar-refractivity contribution in [2.75, 3.05) is 26.2 Å². The average Bonchev–Trinajstić information content (AvgIpc) is 3.47. The van der Waals surface area contributed by atoms with Gasteiger partial charge in [-0.05, 0) is 58.4 Å². The molecule has 0 aliphatic carbocycles. The number of carbonyl (C=O) groups excluding carboxylic acids is 6. The number of ketones is 2. The Morgan fingerprint density at radius 3 is 2.15 bits per heavy atom. The van der Waals surface area contributed by atoms with Gasteiger partial charge in [-0.1, -0.05) is 45.4 Å². The van der Waals surface area contributed by atoms with Gasteiger partial charge in [-0.3, -0.25) is 33.7 Å². The Hall–Kier alpha value is -3.39. The van der Waals surface area contributed by atoms with Crippen molar-refractivity contribution in [2.45, 2.75) is 141 Å². The number of aliphatic carboxylic acids is 1. The highest BCUT2D eigenvalue weighted by molar-refractivity contribution is 5.91. The number of carboxylic acids is 1. The molecule has 0 aromatic heterocycles. The van der Waals surface area contributed by atoms with E-state index in [4.69, 9.17) is 5.73 Å². The number of unbranched alkanes of at least 4 members (excludes halogenated alkanes) is 7. The molecule has 0 spiro atoms. The molecule has 1 rings (SSSR count). The first kappa shape index (κ1) is 41.6. The predicted molar refractivity (Wildman–Crippen MR) is 177 cm³/mol. The second kappa shape index (κ2) is 23.9. The molecule has 14 nitrogen and oxygen atoms in total. The van der Waals surface area contributed by atoms with Gasteiger partial charge in [0.25, 0.3) is 0 Å². The fourth-order valence-corrected chi connectivity index (χ4v) is 5.62. The van der Waals surface area contributed by atoms with Crippen molar-refractivity contribution in [3.05, 3.63) is 0 Å². The number of Topliss-reactive ketones (excluding diaryl/α,β-unsaturated/α-hetero) is 2. The van der Waals surface area contributed by atoms with Crippen LogP contribution in [0.4, 0.5) is 0 Å². The maximum absolute atomic E-state index is 13.2. The van der Waals surface area contributed by atoms with E-state index < -0.39 is 36.0 Å². The molecule has 0 unspecified atom stereocenters. The van der Waals surface area contributed by atoms with Crippen LogP contribution in [0.2, 0.25) is 0 Å². The number of rotatable bonds is 27. The van der Waals surface area contributed by atoms with Gasteiger partial charge >= 0.3 is 5.97 Å². The molecule has 0 saturated carbocycles. The number of carbonyl (C=O) groups is 7. The molecule has 0 radical (unpaired) electrons. The van der Waals surface area contributed by atoms with Gasteiger partial charge in [0.05, 0.1) is 31.2 Å². The Morgan fingerprint density at radius 2 is 1.51 bits per heavy atom. The summed E-state index contributed by atoms with van der Waals surface area (Å²) in [5.74, 6) is -3.14. The minimum atomic E-state index is -1.19. The third-order valence-corrected chi connectivity index (χ3v) is 8.41. The Kier molecular flexibility index (Phi) is 21.1. The summed E-state index contributed by atoms with van der Waals surface area (Å²) in [4.78, 5) is 86.8. The first-order valence-electron chi connectivity index (χ1n) is 17.2. The molecule has 268 valence electrons. The molecule has 0 bridgehead atoms. The molecule has 1 heterocycles. The van der Waals surface area contributed by atoms with E-state index in [9.17, 15) is 38.7 Å². The lowest BCUT2D eigenvalue weighted by Gasteiger charge is -2.25. The summed E-state index contributed by atoms with van der Waals surface area (Å²) >= 11 is 0. The van der Waals surface area contributed by atoms with Crippen molar-refractivity contribution >= 4 is 41.2 Å². The molecule has 0 aromatic carbocycles. The van der Waals surface area contributed by atoms with E-state index in [1.165, 1.54) is 26.2 Å². The molecule has 1 saturated heterocycles. The van der Waals surface area contributed by atoms with Gasteiger partial charge < -0.3 is 32.1 Å². The number of amides is 4. The van der Waals surface area contributed by atoms with Crippen LogP contribution in [0.25, 0.3) is 0 Å². The lowest BCUT2D eigenvalue weighted by atomic mass is 10.0. The minimum Gasteiger partial charge on any atom is -0.480 e. The standard InChI is InChI=1S/C33H58N6O8/c1-4-5-6-7-8-9-10-16-31(44)38-26(33(46)47)17-18-30(43)35-19-12-11-14-25(36-21-28(41)23(2)37-24(3)40)29(42)22-39-20-13-15-27(39)32(34)45/h23,25-27,36H,4-22H2,1-3H3,(H2,34,45)(H,35,43)(H,37,40)(H,38,44)(H,46,47)/t23-,25-,26-,27-/m0/s1. The predicted octanol–water partition coefficient (Wildman–Crippen LogP) is 1.33. The molecule has 7 N–H and O–H groups in total. The van der Waals surface area contributed by atoms with E-state index in [2.05, 4.69) is 28.2 Å². The van der Waals surface area contributed by atoms with Crippen LogP contribution in [0.1, 0.15) is 117 Å². The minimum absolute atomic E-state index is 0.0117. The maximum Gasteiger partial charge on any atom is 0.326 e. The molecule has 1 aliphatic heterocycles. The number of primary amides is 1. The van der Waals surface area contributed by atoms with Gasteiger partial charge in [-0.25, -0.2) is 4.79 Å². The van der Waals surface area contributed by atoms with E-state index in [0.29, 0.717) is 45.2 Å². The zero-order chi connectivity index (χ0) is 35.2. The Balaban J connectivity index is 2.49. The maximum atomic E-state index is 13.2.